The largest absolute Gasteiger partial charge is 0.496 e. The van der Waals surface area contributed by atoms with Crippen molar-refractivity contribution in [3.63, 3.8) is 0 Å². The number of aromatic nitrogens is 2. The van der Waals surface area contributed by atoms with E-state index < -0.39 is 0 Å². The Bertz CT molecular complexity index is 517. The van der Waals surface area contributed by atoms with Crippen molar-refractivity contribution in [1.29, 1.82) is 0 Å². The molecule has 3 nitrogen and oxygen atoms in total. The maximum atomic E-state index is 5.38. The van der Waals surface area contributed by atoms with Gasteiger partial charge in [0.1, 0.15) is 5.75 Å². The normalized spacial score (nSPS) is 10.6. The molecule has 1 aromatic carbocycles. The molecule has 0 aliphatic carbocycles. The van der Waals surface area contributed by atoms with Crippen LogP contribution in [0, 0.1) is 0 Å². The number of hydrogen-bond acceptors (Lipinski definition) is 2. The second kappa shape index (κ2) is 5.71. The van der Waals surface area contributed by atoms with Crippen LogP contribution in [0.3, 0.4) is 0 Å². The number of hydrogen-bond donors (Lipinski definition) is 0. The third-order valence-corrected chi connectivity index (χ3v) is 3.15. The first kappa shape index (κ1) is 12.7. The highest BCUT2D eigenvalue weighted by molar-refractivity contribution is 5.33. The van der Waals surface area contributed by atoms with Gasteiger partial charge in [0.05, 0.1) is 19.3 Å². The average Bonchev–Trinajstić information content (AvgIpc) is 2.81. The molecule has 0 radical (unpaired) electrons. The summed E-state index contributed by atoms with van der Waals surface area (Å²) in [6.45, 7) is 5.07. The van der Waals surface area contributed by atoms with Crippen LogP contribution in [0.1, 0.15) is 30.8 Å². The van der Waals surface area contributed by atoms with Crippen LogP contribution in [-0.2, 0) is 19.4 Å². The molecule has 0 bridgehead atoms. The highest BCUT2D eigenvalue weighted by Crippen LogP contribution is 2.19. The van der Waals surface area contributed by atoms with Gasteiger partial charge in [0.15, 0.2) is 0 Å². The van der Waals surface area contributed by atoms with Gasteiger partial charge in [-0.2, -0.15) is 5.10 Å². The molecule has 0 spiro atoms. The van der Waals surface area contributed by atoms with Crippen LogP contribution in [-0.4, -0.2) is 16.9 Å². The number of para-hydroxylation sites is 1. The Morgan fingerprint density at radius 1 is 1.17 bits per heavy atom. The molecule has 96 valence electrons. The van der Waals surface area contributed by atoms with Crippen molar-refractivity contribution >= 4 is 0 Å². The van der Waals surface area contributed by atoms with Gasteiger partial charge < -0.3 is 4.74 Å². The van der Waals surface area contributed by atoms with E-state index in [4.69, 9.17) is 4.74 Å². The van der Waals surface area contributed by atoms with Crippen LogP contribution in [0.4, 0.5) is 0 Å². The molecular weight excluding hydrogens is 224 g/mol. The Morgan fingerprint density at radius 2 is 1.94 bits per heavy atom. The second-order valence-electron chi connectivity index (χ2n) is 4.30. The van der Waals surface area contributed by atoms with Crippen LogP contribution >= 0.6 is 0 Å². The number of benzene rings is 1. The lowest BCUT2D eigenvalue weighted by atomic mass is 10.2. The Morgan fingerprint density at radius 3 is 2.61 bits per heavy atom. The first-order valence-corrected chi connectivity index (χ1v) is 6.46. The number of ether oxygens (including phenoxy) is 1. The topological polar surface area (TPSA) is 27.1 Å². The fraction of sp³-hybridized carbons (Fsp3) is 0.400. The highest BCUT2D eigenvalue weighted by atomic mass is 16.5. The first-order valence-electron chi connectivity index (χ1n) is 6.46. The third-order valence-electron chi connectivity index (χ3n) is 3.15. The molecule has 0 saturated carbocycles. The Hall–Kier alpha value is -1.77. The van der Waals surface area contributed by atoms with Gasteiger partial charge in [-0.3, -0.25) is 4.68 Å². The van der Waals surface area contributed by atoms with Gasteiger partial charge in [0.2, 0.25) is 0 Å². The molecular formula is C15H20N2O. The Balaban J connectivity index is 2.30. The van der Waals surface area contributed by atoms with Gasteiger partial charge in [-0.05, 0) is 25.0 Å². The molecule has 0 fully saturated rings. The number of aryl methyl sites for hydroxylation is 2. The minimum Gasteiger partial charge on any atom is -0.496 e. The lowest BCUT2D eigenvalue weighted by molar-refractivity contribution is 0.407. The van der Waals surface area contributed by atoms with Crippen LogP contribution in [0.2, 0.25) is 0 Å². The fourth-order valence-corrected chi connectivity index (χ4v) is 2.10. The molecule has 2 aromatic rings. The fourth-order valence-electron chi connectivity index (χ4n) is 2.10. The zero-order valence-electron chi connectivity index (χ0n) is 11.3. The van der Waals surface area contributed by atoms with Gasteiger partial charge >= 0.3 is 0 Å². The van der Waals surface area contributed by atoms with Crippen LogP contribution in [0.5, 0.6) is 5.75 Å². The van der Waals surface area contributed by atoms with E-state index in [2.05, 4.69) is 35.8 Å². The summed E-state index contributed by atoms with van der Waals surface area (Å²) < 4.78 is 7.46. The van der Waals surface area contributed by atoms with Crippen molar-refractivity contribution in [2.75, 3.05) is 7.11 Å². The molecule has 1 heterocycles. The SMILES string of the molecule is CCc1cc(CC)n(Cc2ccccc2OC)n1. The molecule has 0 aliphatic rings. The average molecular weight is 244 g/mol. The van der Waals surface area contributed by atoms with E-state index >= 15 is 0 Å². The van der Waals surface area contributed by atoms with Gasteiger partial charge in [-0.25, -0.2) is 0 Å². The van der Waals surface area contributed by atoms with E-state index in [1.54, 1.807) is 7.11 Å². The quantitative estimate of drug-likeness (QED) is 0.808. The molecule has 0 aliphatic heterocycles. The second-order valence-corrected chi connectivity index (χ2v) is 4.30. The van der Waals surface area contributed by atoms with Crippen molar-refractivity contribution in [2.45, 2.75) is 33.2 Å². The van der Waals surface area contributed by atoms with Crippen LogP contribution < -0.4 is 4.74 Å². The van der Waals surface area contributed by atoms with Crippen LogP contribution in [0.15, 0.2) is 30.3 Å². The Kier molecular flexibility index (Phi) is 4.03. The zero-order chi connectivity index (χ0) is 13.0. The highest BCUT2D eigenvalue weighted by Gasteiger charge is 2.08. The summed E-state index contributed by atoms with van der Waals surface area (Å²) in [7, 11) is 1.71. The summed E-state index contributed by atoms with van der Waals surface area (Å²) in [5, 5.41) is 4.63. The van der Waals surface area contributed by atoms with Gasteiger partial charge in [-0.15, -0.1) is 0 Å². The van der Waals surface area contributed by atoms with Crippen molar-refractivity contribution in [2.24, 2.45) is 0 Å². The predicted octanol–water partition coefficient (Wildman–Crippen LogP) is 3.06. The summed E-state index contributed by atoms with van der Waals surface area (Å²) in [4.78, 5) is 0. The summed E-state index contributed by atoms with van der Waals surface area (Å²) in [6, 6.07) is 10.3. The number of nitrogens with zero attached hydrogens (tertiary/aromatic N) is 2. The lowest BCUT2D eigenvalue weighted by Crippen LogP contribution is -2.07. The summed E-state index contributed by atoms with van der Waals surface area (Å²) in [5.74, 6) is 0.924. The first-order chi connectivity index (χ1) is 8.78. The zero-order valence-corrected chi connectivity index (χ0v) is 11.3. The van der Waals surface area contributed by atoms with Gasteiger partial charge in [-0.1, -0.05) is 32.0 Å². The van der Waals surface area contributed by atoms with E-state index in [-0.39, 0.29) is 0 Å². The molecule has 0 atom stereocenters. The van der Waals surface area contributed by atoms with Crippen molar-refractivity contribution < 1.29 is 4.74 Å². The third kappa shape index (κ3) is 2.55. The summed E-state index contributed by atoms with van der Waals surface area (Å²) >= 11 is 0. The van der Waals surface area contributed by atoms with E-state index in [1.165, 1.54) is 11.3 Å². The van der Waals surface area contributed by atoms with Crippen molar-refractivity contribution in [3.8, 4) is 5.75 Å². The predicted molar refractivity (Wildman–Crippen MR) is 73.1 cm³/mol. The lowest BCUT2D eigenvalue weighted by Gasteiger charge is -2.10. The molecule has 0 N–H and O–H groups in total. The molecule has 0 amide bonds. The monoisotopic (exact) mass is 244 g/mol. The number of methoxy groups -OCH3 is 1. The standard InChI is InChI=1S/C15H20N2O/c1-4-13-10-14(5-2)17(16-13)11-12-8-6-7-9-15(12)18-3/h6-10H,4-5,11H2,1-3H3. The van der Waals surface area contributed by atoms with E-state index in [0.29, 0.717) is 0 Å². The number of rotatable bonds is 5. The van der Waals surface area contributed by atoms with Crippen molar-refractivity contribution in [3.05, 3.63) is 47.3 Å². The maximum absolute atomic E-state index is 5.38. The molecule has 0 unspecified atom stereocenters. The van der Waals surface area contributed by atoms with E-state index in [0.717, 1.165) is 30.8 Å². The molecule has 18 heavy (non-hydrogen) atoms. The van der Waals surface area contributed by atoms with Crippen LogP contribution in [0.25, 0.3) is 0 Å². The van der Waals surface area contributed by atoms with E-state index in [9.17, 15) is 0 Å². The molecule has 1 aromatic heterocycles. The van der Waals surface area contributed by atoms with E-state index in [1.807, 2.05) is 18.2 Å². The minimum absolute atomic E-state index is 0.771. The molecule has 2 rings (SSSR count). The molecule has 3 heteroatoms. The maximum Gasteiger partial charge on any atom is 0.123 e. The van der Waals surface area contributed by atoms with Gasteiger partial charge in [0, 0.05) is 11.3 Å². The smallest absolute Gasteiger partial charge is 0.123 e. The summed E-state index contributed by atoms with van der Waals surface area (Å²) in [6.07, 6.45) is 1.98. The Labute approximate surface area is 108 Å². The minimum atomic E-state index is 0.771. The molecule has 0 saturated heterocycles. The van der Waals surface area contributed by atoms with Crippen molar-refractivity contribution in [1.82, 2.24) is 9.78 Å². The van der Waals surface area contributed by atoms with Gasteiger partial charge in [0.25, 0.3) is 0 Å². The summed E-state index contributed by atoms with van der Waals surface area (Å²) in [5.41, 5.74) is 3.60.